The third-order valence-corrected chi connectivity index (χ3v) is 5.82. The number of carbonyl (C=O) groups is 1. The van der Waals surface area contributed by atoms with Crippen molar-refractivity contribution < 1.29 is 18.7 Å². The first kappa shape index (κ1) is 19.8. The fraction of sp³-hybridized carbons (Fsp3) is 0.409. The SMILES string of the molecule is CC(=O)N1CCc2cc(C(O)CN3CCN(c4ccc(F)cc4F)CC3)ccc21. The highest BCUT2D eigenvalue weighted by atomic mass is 19.1. The second kappa shape index (κ2) is 8.08. The standard InChI is InChI=1S/C22H25F2N3O2/c1-15(28)27-7-6-16-12-17(2-4-20(16)27)22(29)14-25-8-10-26(11-9-25)21-5-3-18(23)13-19(21)24/h2-5,12-13,22,29H,6-11,14H2,1H3. The molecule has 2 aromatic carbocycles. The van der Waals surface area contributed by atoms with E-state index in [-0.39, 0.29) is 5.91 Å². The van der Waals surface area contributed by atoms with Gasteiger partial charge in [-0.15, -0.1) is 0 Å². The van der Waals surface area contributed by atoms with Crippen LogP contribution in [-0.2, 0) is 11.2 Å². The molecule has 4 rings (SSSR count). The lowest BCUT2D eigenvalue weighted by molar-refractivity contribution is -0.116. The summed E-state index contributed by atoms with van der Waals surface area (Å²) in [6.45, 7) is 5.37. The molecule has 154 valence electrons. The normalized spacial score (nSPS) is 18.1. The van der Waals surface area contributed by atoms with Crippen LogP contribution >= 0.6 is 0 Å². The summed E-state index contributed by atoms with van der Waals surface area (Å²) in [4.78, 5) is 17.5. The molecule has 1 unspecified atom stereocenters. The quantitative estimate of drug-likeness (QED) is 0.856. The lowest BCUT2D eigenvalue weighted by Crippen LogP contribution is -2.47. The molecule has 0 radical (unpaired) electrons. The van der Waals surface area contributed by atoms with Gasteiger partial charge < -0.3 is 14.9 Å². The fourth-order valence-corrected chi connectivity index (χ4v) is 4.22. The summed E-state index contributed by atoms with van der Waals surface area (Å²) < 4.78 is 27.1. The Morgan fingerprint density at radius 3 is 2.45 bits per heavy atom. The van der Waals surface area contributed by atoms with Gasteiger partial charge in [-0.3, -0.25) is 9.69 Å². The first-order valence-corrected chi connectivity index (χ1v) is 9.94. The first-order valence-electron chi connectivity index (χ1n) is 9.94. The Labute approximate surface area is 169 Å². The number of nitrogens with zero attached hydrogens (tertiary/aromatic N) is 3. The van der Waals surface area contributed by atoms with Crippen molar-refractivity contribution in [2.45, 2.75) is 19.4 Å². The maximum atomic E-state index is 14.0. The van der Waals surface area contributed by atoms with Crippen molar-refractivity contribution in [1.82, 2.24) is 4.90 Å². The summed E-state index contributed by atoms with van der Waals surface area (Å²) in [7, 11) is 0. The molecule has 0 aliphatic carbocycles. The van der Waals surface area contributed by atoms with E-state index >= 15 is 0 Å². The average Bonchev–Trinajstić information content (AvgIpc) is 3.12. The van der Waals surface area contributed by atoms with E-state index in [1.807, 2.05) is 23.1 Å². The van der Waals surface area contributed by atoms with E-state index < -0.39 is 17.7 Å². The predicted octanol–water partition coefficient (Wildman–Crippen LogP) is 2.73. The number of anilines is 2. The number of hydrogen-bond acceptors (Lipinski definition) is 4. The van der Waals surface area contributed by atoms with Crippen molar-refractivity contribution in [2.24, 2.45) is 0 Å². The van der Waals surface area contributed by atoms with Crippen molar-refractivity contribution in [3.63, 3.8) is 0 Å². The van der Waals surface area contributed by atoms with Crippen molar-refractivity contribution in [3.05, 3.63) is 59.2 Å². The molecule has 2 aromatic rings. The average molecular weight is 401 g/mol. The Hall–Kier alpha value is -2.51. The Kier molecular flexibility index (Phi) is 5.52. The third-order valence-electron chi connectivity index (χ3n) is 5.82. The Morgan fingerprint density at radius 2 is 1.76 bits per heavy atom. The fourth-order valence-electron chi connectivity index (χ4n) is 4.22. The van der Waals surface area contributed by atoms with Crippen LogP contribution in [0.1, 0.15) is 24.2 Å². The smallest absolute Gasteiger partial charge is 0.223 e. The van der Waals surface area contributed by atoms with Crippen LogP contribution < -0.4 is 9.80 Å². The van der Waals surface area contributed by atoms with Crippen molar-refractivity contribution >= 4 is 17.3 Å². The van der Waals surface area contributed by atoms with Crippen LogP contribution in [0.15, 0.2) is 36.4 Å². The van der Waals surface area contributed by atoms with E-state index in [4.69, 9.17) is 0 Å². The number of aliphatic hydroxyl groups excluding tert-OH is 1. The number of β-amino-alcohol motifs (C(OH)–C–C–N with tert-alkyl or cyclic N) is 1. The molecule has 1 amide bonds. The maximum absolute atomic E-state index is 14.0. The highest BCUT2D eigenvalue weighted by Crippen LogP contribution is 2.31. The lowest BCUT2D eigenvalue weighted by atomic mass is 10.0. The largest absolute Gasteiger partial charge is 0.387 e. The van der Waals surface area contributed by atoms with Crippen molar-refractivity contribution in [1.29, 1.82) is 0 Å². The van der Waals surface area contributed by atoms with E-state index in [0.717, 1.165) is 29.3 Å². The minimum Gasteiger partial charge on any atom is -0.387 e. The zero-order chi connectivity index (χ0) is 20.5. The number of hydrogen-bond donors (Lipinski definition) is 1. The van der Waals surface area contributed by atoms with Gasteiger partial charge in [-0.25, -0.2) is 8.78 Å². The maximum Gasteiger partial charge on any atom is 0.223 e. The van der Waals surface area contributed by atoms with E-state index in [9.17, 15) is 18.7 Å². The molecule has 1 fully saturated rings. The zero-order valence-electron chi connectivity index (χ0n) is 16.4. The minimum absolute atomic E-state index is 0.0347. The van der Waals surface area contributed by atoms with Gasteiger partial charge in [0, 0.05) is 57.9 Å². The Balaban J connectivity index is 1.36. The molecule has 0 saturated carbocycles. The molecule has 1 atom stereocenters. The summed E-state index contributed by atoms with van der Waals surface area (Å²) >= 11 is 0. The molecule has 0 spiro atoms. The van der Waals surface area contributed by atoms with Gasteiger partial charge in [-0.2, -0.15) is 0 Å². The third kappa shape index (κ3) is 4.11. The summed E-state index contributed by atoms with van der Waals surface area (Å²) in [6.07, 6.45) is 0.179. The van der Waals surface area contributed by atoms with Crippen LogP contribution in [-0.4, -0.2) is 55.2 Å². The highest BCUT2D eigenvalue weighted by molar-refractivity contribution is 5.93. The van der Waals surface area contributed by atoms with Crippen LogP contribution in [0.3, 0.4) is 0 Å². The van der Waals surface area contributed by atoms with Gasteiger partial charge in [0.15, 0.2) is 0 Å². The second-order valence-electron chi connectivity index (χ2n) is 7.71. The molecule has 1 N–H and O–H groups in total. The van der Waals surface area contributed by atoms with Crippen LogP contribution in [0.5, 0.6) is 0 Å². The van der Waals surface area contributed by atoms with Gasteiger partial charge in [0.05, 0.1) is 11.8 Å². The molecule has 0 aromatic heterocycles. The predicted molar refractivity (Wildman–Crippen MR) is 108 cm³/mol. The van der Waals surface area contributed by atoms with Gasteiger partial charge in [-0.1, -0.05) is 12.1 Å². The number of amides is 1. The molecule has 29 heavy (non-hydrogen) atoms. The molecule has 2 heterocycles. The van der Waals surface area contributed by atoms with Gasteiger partial charge in [0.25, 0.3) is 0 Å². The van der Waals surface area contributed by atoms with Crippen LogP contribution in [0.2, 0.25) is 0 Å². The lowest BCUT2D eigenvalue weighted by Gasteiger charge is -2.37. The van der Waals surface area contributed by atoms with Crippen LogP contribution in [0.4, 0.5) is 20.2 Å². The van der Waals surface area contributed by atoms with E-state index in [1.165, 1.54) is 12.1 Å². The summed E-state index contributed by atoms with van der Waals surface area (Å²) in [5.74, 6) is -1.09. The first-order chi connectivity index (χ1) is 13.9. The summed E-state index contributed by atoms with van der Waals surface area (Å²) in [5.41, 5.74) is 3.29. The number of piperazine rings is 1. The van der Waals surface area contributed by atoms with E-state index in [2.05, 4.69) is 4.90 Å². The van der Waals surface area contributed by atoms with Gasteiger partial charge in [-0.05, 0) is 35.7 Å². The Morgan fingerprint density at radius 1 is 1.03 bits per heavy atom. The topological polar surface area (TPSA) is 47.0 Å². The number of aliphatic hydroxyl groups is 1. The summed E-state index contributed by atoms with van der Waals surface area (Å²) in [5, 5.41) is 10.7. The second-order valence-corrected chi connectivity index (χ2v) is 7.71. The molecule has 7 heteroatoms. The van der Waals surface area contributed by atoms with Gasteiger partial charge in [0.2, 0.25) is 5.91 Å². The molecule has 2 aliphatic rings. The van der Waals surface area contributed by atoms with Crippen LogP contribution in [0.25, 0.3) is 0 Å². The minimum atomic E-state index is -0.624. The number of halogens is 2. The highest BCUT2D eigenvalue weighted by Gasteiger charge is 2.25. The van der Waals surface area contributed by atoms with E-state index in [0.29, 0.717) is 45.0 Å². The number of carbonyl (C=O) groups excluding carboxylic acids is 1. The molecule has 5 nitrogen and oxygen atoms in total. The number of benzene rings is 2. The monoisotopic (exact) mass is 401 g/mol. The summed E-state index contributed by atoms with van der Waals surface area (Å²) in [6, 6.07) is 9.45. The molecular formula is C22H25F2N3O2. The van der Waals surface area contributed by atoms with Gasteiger partial charge in [0.1, 0.15) is 11.6 Å². The zero-order valence-corrected chi connectivity index (χ0v) is 16.4. The Bertz CT molecular complexity index is 913. The van der Waals surface area contributed by atoms with Crippen molar-refractivity contribution in [3.8, 4) is 0 Å². The molecular weight excluding hydrogens is 376 g/mol. The molecule has 1 saturated heterocycles. The molecule has 2 aliphatic heterocycles. The van der Waals surface area contributed by atoms with E-state index in [1.54, 1.807) is 11.8 Å². The van der Waals surface area contributed by atoms with Crippen molar-refractivity contribution in [2.75, 3.05) is 49.1 Å². The number of fused-ring (bicyclic) bond motifs is 1. The van der Waals surface area contributed by atoms with Crippen LogP contribution in [0, 0.1) is 11.6 Å². The molecule has 0 bridgehead atoms. The number of rotatable bonds is 4. The van der Waals surface area contributed by atoms with Gasteiger partial charge >= 0.3 is 0 Å².